The smallest absolute Gasteiger partial charge is 0.276 e. The summed E-state index contributed by atoms with van der Waals surface area (Å²) in [4.78, 5) is 38.8. The maximum absolute atomic E-state index is 15.0. The van der Waals surface area contributed by atoms with E-state index in [4.69, 9.17) is 16.3 Å². The van der Waals surface area contributed by atoms with E-state index >= 15 is 0 Å². The predicted molar refractivity (Wildman–Crippen MR) is 130 cm³/mol. The maximum Gasteiger partial charge on any atom is 0.276 e. The SMILES string of the molecule is COCC(c1cc(Cl)n[nH]c1=O)n1cc(NC(=O)C(NC(=O)c2nonc2C)C(C2CC2)C2CC2)c(F)n1. The molecule has 0 aliphatic heterocycles. The van der Waals surface area contributed by atoms with Gasteiger partial charge in [0.25, 0.3) is 17.4 Å². The normalized spacial score (nSPS) is 16.9. The molecule has 2 fully saturated rings. The van der Waals surface area contributed by atoms with Crippen LogP contribution >= 0.6 is 11.6 Å². The van der Waals surface area contributed by atoms with E-state index in [0.717, 1.165) is 25.7 Å². The van der Waals surface area contributed by atoms with Gasteiger partial charge in [-0.2, -0.15) is 9.49 Å². The predicted octanol–water partition coefficient (Wildman–Crippen LogP) is 1.86. The number of aryl methyl sites for hydroxylation is 1. The van der Waals surface area contributed by atoms with Crippen molar-refractivity contribution < 1.29 is 23.3 Å². The van der Waals surface area contributed by atoms with Crippen molar-refractivity contribution in [2.45, 2.75) is 44.7 Å². The van der Waals surface area contributed by atoms with Gasteiger partial charge in [-0.05, 0) is 61.6 Å². The second-order valence-corrected chi connectivity index (χ2v) is 10.0. The van der Waals surface area contributed by atoms with Crippen LogP contribution < -0.4 is 16.2 Å². The number of anilines is 1. The molecule has 5 rings (SSSR count). The highest BCUT2D eigenvalue weighted by Gasteiger charge is 2.48. The number of carbonyl (C=O) groups excluding carboxylic acids is 2. The molecular weight excluding hydrogens is 523 g/mol. The number of carbonyl (C=O) groups is 2. The van der Waals surface area contributed by atoms with Crippen molar-refractivity contribution in [3.8, 4) is 0 Å². The lowest BCUT2D eigenvalue weighted by molar-refractivity contribution is -0.119. The lowest BCUT2D eigenvalue weighted by Gasteiger charge is -2.27. The Morgan fingerprint density at radius 2 is 2.00 bits per heavy atom. The summed E-state index contributed by atoms with van der Waals surface area (Å²) in [6.07, 6.45) is 5.09. The third kappa shape index (κ3) is 5.45. The number of ether oxygens (including phenoxy) is 1. The molecule has 3 aromatic heterocycles. The molecule has 3 heterocycles. The minimum Gasteiger partial charge on any atom is -0.382 e. The monoisotopic (exact) mass is 548 g/mol. The number of nitrogens with one attached hydrogen (secondary N) is 3. The summed E-state index contributed by atoms with van der Waals surface area (Å²) >= 11 is 5.94. The highest BCUT2D eigenvalue weighted by Crippen LogP contribution is 2.51. The van der Waals surface area contributed by atoms with Crippen LogP contribution in [-0.2, 0) is 9.53 Å². The lowest BCUT2D eigenvalue weighted by Crippen LogP contribution is -2.50. The Balaban J connectivity index is 1.41. The van der Waals surface area contributed by atoms with E-state index in [0.29, 0.717) is 5.69 Å². The minimum atomic E-state index is -0.966. The summed E-state index contributed by atoms with van der Waals surface area (Å²) in [6, 6.07) is -0.449. The van der Waals surface area contributed by atoms with Gasteiger partial charge in [0, 0.05) is 12.7 Å². The molecule has 0 radical (unpaired) electrons. The average Bonchev–Trinajstić information content (AvgIpc) is 3.82. The fourth-order valence-corrected chi connectivity index (χ4v) is 4.97. The number of hydrogen-bond acceptors (Lipinski definition) is 9. The van der Waals surface area contributed by atoms with E-state index < -0.39 is 35.4 Å². The third-order valence-electron chi connectivity index (χ3n) is 6.90. The van der Waals surface area contributed by atoms with Gasteiger partial charge in [-0.3, -0.25) is 19.1 Å². The van der Waals surface area contributed by atoms with Gasteiger partial charge in [-0.25, -0.2) is 9.73 Å². The van der Waals surface area contributed by atoms with E-state index in [2.05, 4.69) is 40.9 Å². The molecule has 3 N–H and O–H groups in total. The summed E-state index contributed by atoms with van der Waals surface area (Å²) in [5.41, 5.74) is -0.335. The van der Waals surface area contributed by atoms with Crippen molar-refractivity contribution in [3.05, 3.63) is 50.7 Å². The molecule has 3 aromatic rings. The Bertz CT molecular complexity index is 1390. The van der Waals surface area contributed by atoms with Crippen LogP contribution in [0.15, 0.2) is 21.7 Å². The van der Waals surface area contributed by atoms with Gasteiger partial charge in [-0.15, -0.1) is 5.10 Å². The summed E-state index contributed by atoms with van der Waals surface area (Å²) in [5.74, 6) is -1.67. The topological polar surface area (TPSA) is 170 Å². The van der Waals surface area contributed by atoms with Crippen LogP contribution in [0.5, 0.6) is 0 Å². The highest BCUT2D eigenvalue weighted by molar-refractivity contribution is 6.29. The quantitative estimate of drug-likeness (QED) is 0.323. The van der Waals surface area contributed by atoms with Crippen LogP contribution in [0.1, 0.15) is 53.5 Å². The zero-order chi connectivity index (χ0) is 27.0. The van der Waals surface area contributed by atoms with Gasteiger partial charge < -0.3 is 15.4 Å². The fraction of sp³-hybridized carbons (Fsp3) is 0.522. The van der Waals surface area contributed by atoms with Crippen molar-refractivity contribution in [2.24, 2.45) is 17.8 Å². The zero-order valence-electron chi connectivity index (χ0n) is 20.6. The molecule has 2 amide bonds. The third-order valence-corrected chi connectivity index (χ3v) is 7.10. The molecule has 2 unspecified atom stereocenters. The van der Waals surface area contributed by atoms with Gasteiger partial charge >= 0.3 is 0 Å². The number of aromatic nitrogens is 6. The molecule has 0 aromatic carbocycles. The first-order valence-electron chi connectivity index (χ1n) is 12.2. The molecule has 13 nitrogen and oxygen atoms in total. The van der Waals surface area contributed by atoms with Crippen LogP contribution in [0.25, 0.3) is 0 Å². The molecule has 0 bridgehead atoms. The van der Waals surface area contributed by atoms with Gasteiger partial charge in [0.15, 0.2) is 5.69 Å². The number of aromatic amines is 1. The van der Waals surface area contributed by atoms with Gasteiger partial charge in [-0.1, -0.05) is 16.8 Å². The second kappa shape index (κ2) is 10.6. The first kappa shape index (κ1) is 26.0. The largest absolute Gasteiger partial charge is 0.382 e. The van der Waals surface area contributed by atoms with Crippen LogP contribution in [-0.4, -0.2) is 61.9 Å². The van der Waals surface area contributed by atoms with Gasteiger partial charge in [0.05, 0.1) is 12.8 Å². The van der Waals surface area contributed by atoms with Crippen LogP contribution in [0, 0.1) is 30.6 Å². The lowest BCUT2D eigenvalue weighted by atomic mass is 9.88. The van der Waals surface area contributed by atoms with E-state index in [1.807, 2.05) is 0 Å². The molecule has 2 atom stereocenters. The Labute approximate surface area is 220 Å². The number of methoxy groups -OCH3 is 1. The van der Waals surface area contributed by atoms with E-state index in [-0.39, 0.29) is 46.5 Å². The van der Waals surface area contributed by atoms with E-state index in [1.54, 1.807) is 6.92 Å². The number of halogens is 2. The highest BCUT2D eigenvalue weighted by atomic mass is 35.5. The summed E-state index contributed by atoms with van der Waals surface area (Å²) in [6.45, 7) is 1.54. The van der Waals surface area contributed by atoms with Crippen molar-refractivity contribution in [1.29, 1.82) is 0 Å². The fourth-order valence-electron chi connectivity index (χ4n) is 4.81. The minimum absolute atomic E-state index is 0.0178. The molecule has 0 saturated heterocycles. The molecule has 15 heteroatoms. The Kier molecular flexibility index (Phi) is 7.25. The van der Waals surface area contributed by atoms with Crippen LogP contribution in [0.3, 0.4) is 0 Å². The molecular formula is C23H26ClFN8O5. The van der Waals surface area contributed by atoms with Crippen molar-refractivity contribution in [1.82, 2.24) is 35.6 Å². The number of amides is 2. The summed E-state index contributed by atoms with van der Waals surface area (Å²) in [5, 5.41) is 22.4. The molecule has 2 saturated carbocycles. The molecule has 2 aliphatic rings. The summed E-state index contributed by atoms with van der Waals surface area (Å²) < 4.78 is 26.0. The first-order valence-corrected chi connectivity index (χ1v) is 12.5. The number of nitrogens with zero attached hydrogens (tertiary/aromatic N) is 5. The average molecular weight is 549 g/mol. The van der Waals surface area contributed by atoms with E-state index in [1.165, 1.54) is 24.1 Å². The first-order chi connectivity index (χ1) is 18.3. The van der Waals surface area contributed by atoms with Crippen molar-refractivity contribution >= 4 is 29.1 Å². The Morgan fingerprint density at radius 3 is 2.61 bits per heavy atom. The van der Waals surface area contributed by atoms with Crippen molar-refractivity contribution in [2.75, 3.05) is 19.0 Å². The summed E-state index contributed by atoms with van der Waals surface area (Å²) in [7, 11) is 1.42. The van der Waals surface area contributed by atoms with Gasteiger partial charge in [0.1, 0.15) is 28.6 Å². The van der Waals surface area contributed by atoms with E-state index in [9.17, 15) is 18.8 Å². The van der Waals surface area contributed by atoms with Crippen molar-refractivity contribution in [3.63, 3.8) is 0 Å². The number of rotatable bonds is 11. The Hall–Kier alpha value is -3.65. The molecule has 0 spiro atoms. The zero-order valence-corrected chi connectivity index (χ0v) is 21.4. The second-order valence-electron chi connectivity index (χ2n) is 9.65. The van der Waals surface area contributed by atoms with Crippen LogP contribution in [0.4, 0.5) is 10.1 Å². The standard InChI is InChI=1S/C23H26ClFN8O5/c1-10-18(32-38-31-10)22(35)27-19(17(11-3-4-11)12-5-6-12)23(36)26-14-8-33(30-20(14)25)15(9-37-2)13-7-16(24)28-29-21(13)34/h7-8,11-12,15,17,19H,3-6,9H2,1-2H3,(H,26,36)(H,27,35)(H,29,34). The molecule has 2 aliphatic carbocycles. The van der Waals surface area contributed by atoms with Gasteiger partial charge in [0.2, 0.25) is 5.91 Å². The number of H-pyrrole nitrogens is 1. The maximum atomic E-state index is 15.0. The number of hydrogen-bond donors (Lipinski definition) is 3. The molecule has 202 valence electrons. The molecule has 38 heavy (non-hydrogen) atoms. The van der Waals surface area contributed by atoms with Crippen LogP contribution in [0.2, 0.25) is 5.15 Å². The Morgan fingerprint density at radius 1 is 1.29 bits per heavy atom.